The minimum Gasteiger partial charge on any atom is -0.475 e. The lowest BCUT2D eigenvalue weighted by Crippen LogP contribution is -2.35. The van der Waals surface area contributed by atoms with Crippen LogP contribution in [0.1, 0.15) is 18.2 Å². The fraction of sp³-hybridized carbons (Fsp3) is 0.625. The molecule has 1 N–H and O–H groups in total. The van der Waals surface area contributed by atoms with Crippen LogP contribution in [-0.4, -0.2) is 78.4 Å². The van der Waals surface area contributed by atoms with Gasteiger partial charge in [-0.2, -0.15) is 13.2 Å². The minimum absolute atomic E-state index is 0.0404. The van der Waals surface area contributed by atoms with E-state index in [1.54, 1.807) is 13.4 Å². The summed E-state index contributed by atoms with van der Waals surface area (Å²) in [4.78, 5) is 33.6. The highest BCUT2D eigenvalue weighted by molar-refractivity contribution is 5.77. The molecule has 152 valence electrons. The largest absolute Gasteiger partial charge is 0.490 e. The summed E-state index contributed by atoms with van der Waals surface area (Å²) in [6.45, 7) is 4.54. The number of halogens is 3. The number of nitrogens with zero attached hydrogens (tertiary/aromatic N) is 4. The number of carboxylic acid groups (broad SMARTS) is 1. The van der Waals surface area contributed by atoms with Crippen molar-refractivity contribution in [1.82, 2.24) is 14.9 Å². The number of alkyl halides is 3. The van der Waals surface area contributed by atoms with Gasteiger partial charge < -0.3 is 19.6 Å². The maximum absolute atomic E-state index is 11.9. The van der Waals surface area contributed by atoms with E-state index in [1.807, 2.05) is 11.9 Å². The van der Waals surface area contributed by atoms with Crippen LogP contribution < -0.4 is 4.90 Å². The average Bonchev–Trinajstić information content (AvgIpc) is 2.83. The number of methoxy groups -OCH3 is 1. The van der Waals surface area contributed by atoms with Crippen LogP contribution in [0.15, 0.2) is 6.33 Å². The summed E-state index contributed by atoms with van der Waals surface area (Å²) in [6.07, 6.45) is -1.89. The van der Waals surface area contributed by atoms with Gasteiger partial charge in [0.1, 0.15) is 18.8 Å². The van der Waals surface area contributed by atoms with Crippen LogP contribution >= 0.6 is 0 Å². The Morgan fingerprint density at radius 1 is 1.30 bits per heavy atom. The van der Waals surface area contributed by atoms with E-state index in [0.717, 1.165) is 30.9 Å². The number of carbonyl (C=O) groups excluding carboxylic acids is 1. The Bertz CT molecular complexity index is 655. The summed E-state index contributed by atoms with van der Waals surface area (Å²) in [5.41, 5.74) is 2.23. The van der Waals surface area contributed by atoms with Crippen molar-refractivity contribution in [1.29, 1.82) is 0 Å². The number of rotatable bonds is 4. The SMILES string of the molecule is CCN(C)c1ncnc2c1CCN(C(=O)COC)CC2.O=C(O)C(F)(F)F. The second kappa shape index (κ2) is 10.0. The van der Waals surface area contributed by atoms with Gasteiger partial charge in [0.2, 0.25) is 5.91 Å². The van der Waals surface area contributed by atoms with Crippen LogP contribution in [0, 0.1) is 0 Å². The minimum atomic E-state index is -5.08. The van der Waals surface area contributed by atoms with Crippen molar-refractivity contribution in [3.63, 3.8) is 0 Å². The molecule has 1 aromatic heterocycles. The van der Waals surface area contributed by atoms with Gasteiger partial charge in [0, 0.05) is 45.8 Å². The number of aliphatic carboxylic acids is 1. The Hall–Kier alpha value is -2.43. The number of ether oxygens (including phenoxy) is 1. The van der Waals surface area contributed by atoms with Crippen LogP contribution in [0.3, 0.4) is 0 Å². The molecule has 0 aliphatic carbocycles. The predicted octanol–water partition coefficient (Wildman–Crippen LogP) is 1.14. The first kappa shape index (κ1) is 22.6. The zero-order valence-corrected chi connectivity index (χ0v) is 15.4. The van der Waals surface area contributed by atoms with Crippen LogP contribution in [0.25, 0.3) is 0 Å². The van der Waals surface area contributed by atoms with Crippen LogP contribution in [0.2, 0.25) is 0 Å². The number of carbonyl (C=O) groups is 2. The highest BCUT2D eigenvalue weighted by Gasteiger charge is 2.38. The van der Waals surface area contributed by atoms with Gasteiger partial charge in [-0.05, 0) is 13.3 Å². The van der Waals surface area contributed by atoms with E-state index in [-0.39, 0.29) is 12.5 Å². The number of amides is 1. The van der Waals surface area contributed by atoms with Crippen molar-refractivity contribution >= 4 is 17.7 Å². The molecule has 0 spiro atoms. The molecule has 0 radical (unpaired) electrons. The molecule has 1 aromatic rings. The quantitative estimate of drug-likeness (QED) is 0.821. The van der Waals surface area contributed by atoms with E-state index < -0.39 is 12.1 Å². The van der Waals surface area contributed by atoms with Gasteiger partial charge in [-0.25, -0.2) is 14.8 Å². The summed E-state index contributed by atoms with van der Waals surface area (Å²) >= 11 is 0. The molecule has 0 atom stereocenters. The van der Waals surface area contributed by atoms with E-state index in [0.29, 0.717) is 13.1 Å². The fourth-order valence-electron chi connectivity index (χ4n) is 2.45. The van der Waals surface area contributed by atoms with Crippen molar-refractivity contribution in [3.8, 4) is 0 Å². The van der Waals surface area contributed by atoms with E-state index in [9.17, 15) is 18.0 Å². The highest BCUT2D eigenvalue weighted by Crippen LogP contribution is 2.22. The smallest absolute Gasteiger partial charge is 0.475 e. The maximum Gasteiger partial charge on any atom is 0.490 e. The Kier molecular flexibility index (Phi) is 8.41. The van der Waals surface area contributed by atoms with Crippen molar-refractivity contribution < 1.29 is 32.6 Å². The average molecular weight is 392 g/mol. The zero-order valence-electron chi connectivity index (χ0n) is 15.4. The Morgan fingerprint density at radius 2 is 1.89 bits per heavy atom. The lowest BCUT2D eigenvalue weighted by atomic mass is 10.1. The summed E-state index contributed by atoms with van der Waals surface area (Å²) in [5.74, 6) is -1.73. The highest BCUT2D eigenvalue weighted by atomic mass is 19.4. The molecule has 0 saturated heterocycles. The van der Waals surface area contributed by atoms with Crippen LogP contribution in [0.5, 0.6) is 0 Å². The molecule has 0 aromatic carbocycles. The molecule has 11 heteroatoms. The van der Waals surface area contributed by atoms with Crippen molar-refractivity contribution in [3.05, 3.63) is 17.6 Å². The number of hydrogen-bond donors (Lipinski definition) is 1. The molecule has 0 bridgehead atoms. The lowest BCUT2D eigenvalue weighted by Gasteiger charge is -2.20. The van der Waals surface area contributed by atoms with Crippen molar-refractivity contribution in [2.75, 3.05) is 45.3 Å². The maximum atomic E-state index is 11.9. The number of aromatic nitrogens is 2. The molecule has 1 aliphatic rings. The second-order valence-corrected chi connectivity index (χ2v) is 5.75. The first-order valence-electron chi connectivity index (χ1n) is 8.22. The first-order valence-corrected chi connectivity index (χ1v) is 8.22. The van der Waals surface area contributed by atoms with E-state index in [4.69, 9.17) is 14.6 Å². The summed E-state index contributed by atoms with van der Waals surface area (Å²) < 4.78 is 36.7. The van der Waals surface area contributed by atoms with Gasteiger partial charge in [0.05, 0.1) is 5.69 Å². The fourth-order valence-corrected chi connectivity index (χ4v) is 2.45. The normalized spacial score (nSPS) is 13.8. The summed E-state index contributed by atoms with van der Waals surface area (Å²) in [7, 11) is 3.58. The second-order valence-electron chi connectivity index (χ2n) is 5.75. The molecular weight excluding hydrogens is 369 g/mol. The molecule has 0 saturated carbocycles. The number of carboxylic acids is 1. The molecule has 2 rings (SSSR count). The zero-order chi connectivity index (χ0) is 20.6. The Labute approximate surface area is 154 Å². The first-order chi connectivity index (χ1) is 12.6. The van der Waals surface area contributed by atoms with Gasteiger partial charge in [0.15, 0.2) is 0 Å². The Morgan fingerprint density at radius 3 is 2.41 bits per heavy atom. The van der Waals surface area contributed by atoms with Gasteiger partial charge in [0.25, 0.3) is 0 Å². The molecule has 8 nitrogen and oxygen atoms in total. The van der Waals surface area contributed by atoms with E-state index in [2.05, 4.69) is 21.8 Å². The monoisotopic (exact) mass is 392 g/mol. The van der Waals surface area contributed by atoms with Crippen molar-refractivity contribution in [2.24, 2.45) is 0 Å². The van der Waals surface area contributed by atoms with E-state index in [1.165, 1.54) is 5.56 Å². The molecule has 1 amide bonds. The third-order valence-electron chi connectivity index (χ3n) is 3.96. The van der Waals surface area contributed by atoms with Crippen LogP contribution in [0.4, 0.5) is 19.0 Å². The standard InChI is InChI=1S/C14H22N4O2.C2HF3O2/c1-4-17(2)14-11-5-7-18(13(19)9-20-3)8-6-12(11)15-10-16-14;3-2(4,5)1(6)7/h10H,4-9H2,1-3H3;(H,6,7). The molecule has 1 aliphatic heterocycles. The van der Waals surface area contributed by atoms with Gasteiger partial charge in [-0.1, -0.05) is 0 Å². The molecule has 27 heavy (non-hydrogen) atoms. The van der Waals surface area contributed by atoms with Crippen LogP contribution in [-0.2, 0) is 27.2 Å². The molecular formula is C16H23F3N4O4. The predicted molar refractivity (Wildman–Crippen MR) is 90.5 cm³/mol. The Balaban J connectivity index is 0.000000445. The third kappa shape index (κ3) is 6.66. The van der Waals surface area contributed by atoms with Gasteiger partial charge in [-0.3, -0.25) is 4.79 Å². The molecule has 2 heterocycles. The van der Waals surface area contributed by atoms with Crippen molar-refractivity contribution in [2.45, 2.75) is 25.9 Å². The molecule has 0 unspecified atom stereocenters. The molecule has 0 fully saturated rings. The number of anilines is 1. The lowest BCUT2D eigenvalue weighted by molar-refractivity contribution is -0.192. The van der Waals surface area contributed by atoms with Gasteiger partial charge >= 0.3 is 12.1 Å². The third-order valence-corrected chi connectivity index (χ3v) is 3.96. The van der Waals surface area contributed by atoms with Gasteiger partial charge in [-0.15, -0.1) is 0 Å². The summed E-state index contributed by atoms with van der Waals surface area (Å²) in [5, 5.41) is 7.12. The number of hydrogen-bond acceptors (Lipinski definition) is 6. The van der Waals surface area contributed by atoms with E-state index >= 15 is 0 Å². The topological polar surface area (TPSA) is 95.9 Å². The number of fused-ring (bicyclic) bond motifs is 1. The summed E-state index contributed by atoms with van der Waals surface area (Å²) in [6, 6.07) is 0.